The summed E-state index contributed by atoms with van der Waals surface area (Å²) in [4.78, 5) is 0. The molecule has 0 aliphatic heterocycles. The molecule has 1 unspecified atom stereocenters. The molecule has 1 nitrogen and oxygen atoms in total. The van der Waals surface area contributed by atoms with Crippen LogP contribution in [0.4, 0.5) is 0 Å². The molecule has 0 saturated carbocycles. The lowest BCUT2D eigenvalue weighted by molar-refractivity contribution is 0.713. The van der Waals surface area contributed by atoms with Gasteiger partial charge in [-0.2, -0.15) is 0 Å². The lowest BCUT2D eigenvalue weighted by Crippen LogP contribution is -2.04. The van der Waals surface area contributed by atoms with E-state index in [1.54, 1.807) is 6.07 Å². The minimum atomic E-state index is 0.184. The third-order valence-electron chi connectivity index (χ3n) is 3.53. The van der Waals surface area contributed by atoms with Crippen molar-refractivity contribution >= 4 is 23.2 Å². The highest BCUT2D eigenvalue weighted by molar-refractivity contribution is 6.43. The highest BCUT2D eigenvalue weighted by atomic mass is 35.5. The Hall–Kier alpha value is -1.02. The van der Waals surface area contributed by atoms with Crippen LogP contribution in [0.3, 0.4) is 0 Å². The summed E-state index contributed by atoms with van der Waals surface area (Å²) in [7, 11) is 0. The first-order chi connectivity index (χ1) is 8.66. The lowest BCUT2D eigenvalue weighted by atomic mass is 10.00. The predicted octanol–water partition coefficient (Wildman–Crippen LogP) is 4.61. The smallest absolute Gasteiger partial charge is 0.0670 e. The van der Waals surface area contributed by atoms with Crippen molar-refractivity contribution in [2.24, 2.45) is 5.73 Å². The molecule has 0 aromatic heterocycles. The molecule has 18 heavy (non-hydrogen) atoms. The molecule has 2 aromatic carbocycles. The number of rotatable bonds is 1. The van der Waals surface area contributed by atoms with E-state index in [9.17, 15) is 0 Å². The second-order valence-corrected chi connectivity index (χ2v) is 5.45. The van der Waals surface area contributed by atoms with Crippen molar-refractivity contribution in [3.63, 3.8) is 0 Å². The van der Waals surface area contributed by atoms with Gasteiger partial charge in [-0.05, 0) is 35.6 Å². The van der Waals surface area contributed by atoms with Crippen LogP contribution in [0.1, 0.15) is 23.6 Å². The molecule has 92 valence electrons. The van der Waals surface area contributed by atoms with Gasteiger partial charge in [0.25, 0.3) is 0 Å². The van der Waals surface area contributed by atoms with Crippen molar-refractivity contribution in [3.8, 4) is 11.1 Å². The average molecular weight is 278 g/mol. The van der Waals surface area contributed by atoms with E-state index in [2.05, 4.69) is 18.2 Å². The SMILES string of the molecule is NC1CCc2cc(-c3cccc(Cl)c3Cl)ccc21. The molecule has 3 heteroatoms. The summed E-state index contributed by atoms with van der Waals surface area (Å²) in [5.74, 6) is 0. The first-order valence-corrected chi connectivity index (χ1v) is 6.75. The zero-order valence-electron chi connectivity index (χ0n) is 9.79. The third-order valence-corrected chi connectivity index (χ3v) is 4.35. The fourth-order valence-electron chi connectivity index (χ4n) is 2.54. The fraction of sp³-hybridized carbons (Fsp3) is 0.200. The maximum absolute atomic E-state index is 6.25. The van der Waals surface area contributed by atoms with E-state index in [-0.39, 0.29) is 6.04 Å². The maximum Gasteiger partial charge on any atom is 0.0670 e. The van der Waals surface area contributed by atoms with Gasteiger partial charge < -0.3 is 5.73 Å². The Bertz CT molecular complexity index is 607. The quantitative estimate of drug-likeness (QED) is 0.810. The van der Waals surface area contributed by atoms with Gasteiger partial charge in [-0.3, -0.25) is 0 Å². The number of hydrogen-bond donors (Lipinski definition) is 1. The highest BCUT2D eigenvalue weighted by Crippen LogP contribution is 2.37. The summed E-state index contributed by atoms with van der Waals surface area (Å²) in [6, 6.07) is 12.3. The molecule has 3 rings (SSSR count). The molecule has 1 aliphatic rings. The van der Waals surface area contributed by atoms with Crippen molar-refractivity contribution < 1.29 is 0 Å². The summed E-state index contributed by atoms with van der Waals surface area (Å²) >= 11 is 12.3. The maximum atomic E-state index is 6.25. The molecule has 1 atom stereocenters. The topological polar surface area (TPSA) is 26.0 Å². The van der Waals surface area contributed by atoms with Crippen molar-refractivity contribution in [2.45, 2.75) is 18.9 Å². The standard InChI is InChI=1S/C15H13Cl2N/c16-13-3-1-2-12(15(13)17)10-4-6-11-9(8-10)5-7-14(11)18/h1-4,6,8,14H,5,7,18H2. The predicted molar refractivity (Wildman–Crippen MR) is 77.1 cm³/mol. The van der Waals surface area contributed by atoms with E-state index in [4.69, 9.17) is 28.9 Å². The normalized spacial score (nSPS) is 17.8. The van der Waals surface area contributed by atoms with E-state index in [0.29, 0.717) is 10.0 Å². The van der Waals surface area contributed by atoms with E-state index < -0.39 is 0 Å². The van der Waals surface area contributed by atoms with E-state index >= 15 is 0 Å². The Morgan fingerprint density at radius 1 is 1.11 bits per heavy atom. The van der Waals surface area contributed by atoms with Crippen LogP contribution in [0.2, 0.25) is 10.0 Å². The molecule has 0 spiro atoms. The molecule has 0 saturated heterocycles. The summed E-state index contributed by atoms with van der Waals surface area (Å²) in [6.07, 6.45) is 2.07. The van der Waals surface area contributed by atoms with Crippen molar-refractivity contribution in [2.75, 3.05) is 0 Å². The van der Waals surface area contributed by atoms with Crippen molar-refractivity contribution in [1.29, 1.82) is 0 Å². The van der Waals surface area contributed by atoms with Gasteiger partial charge >= 0.3 is 0 Å². The zero-order chi connectivity index (χ0) is 12.7. The van der Waals surface area contributed by atoms with Gasteiger partial charge in [-0.25, -0.2) is 0 Å². The number of benzene rings is 2. The molecule has 2 aromatic rings. The van der Waals surface area contributed by atoms with E-state index in [1.165, 1.54) is 11.1 Å². The van der Waals surface area contributed by atoms with Gasteiger partial charge in [-0.15, -0.1) is 0 Å². The Morgan fingerprint density at radius 2 is 1.94 bits per heavy atom. The van der Waals surface area contributed by atoms with Crippen LogP contribution in [-0.4, -0.2) is 0 Å². The number of halogens is 2. The number of fused-ring (bicyclic) bond motifs is 1. The molecule has 0 fully saturated rings. The van der Waals surface area contributed by atoms with Gasteiger partial charge in [0.2, 0.25) is 0 Å². The lowest BCUT2D eigenvalue weighted by Gasteiger charge is -2.09. The van der Waals surface area contributed by atoms with Crippen LogP contribution in [0.25, 0.3) is 11.1 Å². The largest absolute Gasteiger partial charge is 0.324 e. The number of nitrogens with two attached hydrogens (primary N) is 1. The molecular weight excluding hydrogens is 265 g/mol. The van der Waals surface area contributed by atoms with Crippen LogP contribution >= 0.6 is 23.2 Å². The summed E-state index contributed by atoms with van der Waals surface area (Å²) in [5.41, 5.74) is 10.7. The number of aryl methyl sites for hydroxylation is 1. The van der Waals surface area contributed by atoms with E-state index in [0.717, 1.165) is 24.0 Å². The summed E-state index contributed by atoms with van der Waals surface area (Å²) in [5, 5.41) is 1.20. The van der Waals surface area contributed by atoms with Crippen LogP contribution in [0.5, 0.6) is 0 Å². The first kappa shape index (κ1) is 12.0. The summed E-state index contributed by atoms with van der Waals surface area (Å²) in [6.45, 7) is 0. The molecule has 1 aliphatic carbocycles. The molecule has 2 N–H and O–H groups in total. The zero-order valence-corrected chi connectivity index (χ0v) is 11.3. The highest BCUT2D eigenvalue weighted by Gasteiger charge is 2.19. The fourth-order valence-corrected chi connectivity index (χ4v) is 2.95. The second kappa shape index (κ2) is 4.58. The molecule has 0 bridgehead atoms. The Balaban J connectivity index is 2.11. The monoisotopic (exact) mass is 277 g/mol. The van der Waals surface area contributed by atoms with Gasteiger partial charge in [-0.1, -0.05) is 53.5 Å². The first-order valence-electron chi connectivity index (χ1n) is 5.99. The van der Waals surface area contributed by atoms with Gasteiger partial charge in [0, 0.05) is 11.6 Å². The number of hydrogen-bond acceptors (Lipinski definition) is 1. The van der Waals surface area contributed by atoms with Crippen LogP contribution in [0, 0.1) is 0 Å². The minimum absolute atomic E-state index is 0.184. The molecule has 0 amide bonds. The van der Waals surface area contributed by atoms with Crippen LogP contribution in [-0.2, 0) is 6.42 Å². The van der Waals surface area contributed by atoms with Gasteiger partial charge in [0.1, 0.15) is 0 Å². The average Bonchev–Trinajstić information content (AvgIpc) is 2.74. The Labute approximate surface area is 117 Å². The van der Waals surface area contributed by atoms with Crippen LogP contribution < -0.4 is 5.73 Å². The third kappa shape index (κ3) is 1.93. The molecular formula is C15H13Cl2N. The second-order valence-electron chi connectivity index (χ2n) is 4.66. The summed E-state index contributed by atoms with van der Waals surface area (Å²) < 4.78 is 0. The van der Waals surface area contributed by atoms with Crippen molar-refractivity contribution in [1.82, 2.24) is 0 Å². The van der Waals surface area contributed by atoms with Gasteiger partial charge in [0.15, 0.2) is 0 Å². The Kier molecular flexibility index (Phi) is 3.06. The molecule has 0 heterocycles. The van der Waals surface area contributed by atoms with Gasteiger partial charge in [0.05, 0.1) is 10.0 Å². The molecule has 0 radical (unpaired) electrons. The van der Waals surface area contributed by atoms with Crippen LogP contribution in [0.15, 0.2) is 36.4 Å². The minimum Gasteiger partial charge on any atom is -0.324 e. The van der Waals surface area contributed by atoms with E-state index in [1.807, 2.05) is 12.1 Å². The van der Waals surface area contributed by atoms with Crippen molar-refractivity contribution in [3.05, 3.63) is 57.6 Å². The Morgan fingerprint density at radius 3 is 2.78 bits per heavy atom.